The molecule has 2 atom stereocenters. The van der Waals surface area contributed by atoms with Gasteiger partial charge in [0.25, 0.3) is 0 Å². The van der Waals surface area contributed by atoms with Crippen LogP contribution in [0.25, 0.3) is 17.3 Å². The Kier molecular flexibility index (Phi) is 11.3. The number of carboxylic acids is 1. The summed E-state index contributed by atoms with van der Waals surface area (Å²) in [6, 6.07) is 6.93. The summed E-state index contributed by atoms with van der Waals surface area (Å²) in [5.41, 5.74) is 1.58. The molecule has 11 nitrogen and oxygen atoms in total. The SMILES string of the molecule is CC(C)c1nc(N(c2ccn(C)n2)S(C)(=O)=O)nc(-c2ccc(F)cc2)c1/C=C/[C@@H](O)C[C@@H](O)CC(=O)[O-].[Na+]. The number of carboxylic acid groups (broad SMARTS) is 1. The van der Waals surface area contributed by atoms with Gasteiger partial charge in [0.15, 0.2) is 5.82 Å². The van der Waals surface area contributed by atoms with E-state index in [9.17, 15) is 32.9 Å². The number of halogens is 1. The Hall–Kier alpha value is -2.68. The number of aromatic nitrogens is 4. The Labute approximate surface area is 248 Å². The quantitative estimate of drug-likeness (QED) is 0.262. The molecule has 0 saturated heterocycles. The number of nitrogens with zero attached hydrogens (tertiary/aromatic N) is 5. The van der Waals surface area contributed by atoms with Crippen molar-refractivity contribution in [2.75, 3.05) is 10.6 Å². The third-order valence-electron chi connectivity index (χ3n) is 5.45. The molecule has 0 aliphatic carbocycles. The van der Waals surface area contributed by atoms with Crippen LogP contribution < -0.4 is 39.0 Å². The molecule has 204 valence electrons. The summed E-state index contributed by atoms with van der Waals surface area (Å²) < 4.78 is 41.7. The van der Waals surface area contributed by atoms with Gasteiger partial charge >= 0.3 is 29.6 Å². The summed E-state index contributed by atoms with van der Waals surface area (Å²) in [7, 11) is -2.30. The van der Waals surface area contributed by atoms with Crippen LogP contribution in [0.1, 0.15) is 43.9 Å². The first-order valence-corrected chi connectivity index (χ1v) is 13.5. The van der Waals surface area contributed by atoms with Crippen molar-refractivity contribution < 1.29 is 62.5 Å². The monoisotopic (exact) mass is 569 g/mol. The molecule has 0 amide bonds. The third kappa shape index (κ3) is 8.65. The Bertz CT molecular complexity index is 1430. The normalized spacial score (nSPS) is 13.3. The molecule has 0 unspecified atom stereocenters. The van der Waals surface area contributed by atoms with Crippen LogP contribution in [-0.2, 0) is 21.9 Å². The van der Waals surface area contributed by atoms with Crippen molar-refractivity contribution in [3.8, 4) is 11.3 Å². The number of rotatable bonds is 11. The zero-order valence-electron chi connectivity index (χ0n) is 22.3. The fourth-order valence-corrected chi connectivity index (χ4v) is 4.59. The Morgan fingerprint density at radius 2 is 1.82 bits per heavy atom. The van der Waals surface area contributed by atoms with Gasteiger partial charge in [0.1, 0.15) is 5.82 Å². The predicted octanol–water partition coefficient (Wildman–Crippen LogP) is -1.49. The number of carbonyl (C=O) groups is 1. The summed E-state index contributed by atoms with van der Waals surface area (Å²) in [4.78, 5) is 19.8. The number of benzene rings is 1. The van der Waals surface area contributed by atoms with Crippen LogP contribution in [0.15, 0.2) is 42.6 Å². The van der Waals surface area contributed by atoms with Crippen LogP contribution in [0.3, 0.4) is 0 Å². The molecule has 0 aliphatic heterocycles. The Morgan fingerprint density at radius 1 is 1.18 bits per heavy atom. The number of aliphatic carboxylic acids is 1. The number of aliphatic hydroxyl groups is 2. The molecule has 0 radical (unpaired) electrons. The van der Waals surface area contributed by atoms with E-state index in [1.165, 1.54) is 47.2 Å². The fourth-order valence-electron chi connectivity index (χ4n) is 3.77. The Morgan fingerprint density at radius 3 is 2.33 bits per heavy atom. The van der Waals surface area contributed by atoms with Gasteiger partial charge in [0.05, 0.1) is 29.9 Å². The van der Waals surface area contributed by atoms with Crippen molar-refractivity contribution in [3.63, 3.8) is 0 Å². The molecule has 2 N–H and O–H groups in total. The average molecular weight is 570 g/mol. The van der Waals surface area contributed by atoms with E-state index in [0.29, 0.717) is 16.8 Å². The minimum Gasteiger partial charge on any atom is -0.550 e. The van der Waals surface area contributed by atoms with Crippen LogP contribution in [0.4, 0.5) is 16.2 Å². The van der Waals surface area contributed by atoms with Crippen molar-refractivity contribution in [2.45, 2.75) is 44.8 Å². The molecule has 1 aromatic carbocycles. The van der Waals surface area contributed by atoms with E-state index in [4.69, 9.17) is 0 Å². The van der Waals surface area contributed by atoms with Crippen LogP contribution >= 0.6 is 0 Å². The molecule has 39 heavy (non-hydrogen) atoms. The van der Waals surface area contributed by atoms with Gasteiger partial charge in [-0.1, -0.05) is 26.0 Å². The van der Waals surface area contributed by atoms with E-state index in [1.807, 2.05) is 13.8 Å². The molecule has 2 heterocycles. The van der Waals surface area contributed by atoms with Gasteiger partial charge in [-0.3, -0.25) is 4.68 Å². The molecule has 0 aliphatic rings. The van der Waals surface area contributed by atoms with E-state index >= 15 is 0 Å². The maximum absolute atomic E-state index is 13.7. The largest absolute Gasteiger partial charge is 1.00 e. The van der Waals surface area contributed by atoms with Crippen LogP contribution in [0.5, 0.6) is 0 Å². The first-order chi connectivity index (χ1) is 17.8. The molecule has 0 fully saturated rings. The minimum atomic E-state index is -3.93. The van der Waals surface area contributed by atoms with Gasteiger partial charge in [-0.15, -0.1) is 0 Å². The second-order valence-corrected chi connectivity index (χ2v) is 10.9. The van der Waals surface area contributed by atoms with E-state index < -0.39 is 40.4 Å². The summed E-state index contributed by atoms with van der Waals surface area (Å²) >= 11 is 0. The van der Waals surface area contributed by atoms with Crippen molar-refractivity contribution in [3.05, 3.63) is 59.7 Å². The molecule has 0 bridgehead atoms. The molecule has 3 aromatic rings. The van der Waals surface area contributed by atoms with E-state index in [1.54, 1.807) is 13.2 Å². The molecule has 3 rings (SSSR count). The summed E-state index contributed by atoms with van der Waals surface area (Å²) in [5.74, 6) is -2.26. The molecule has 2 aromatic heterocycles. The molecular formula is C25H29FN5NaO6S. The van der Waals surface area contributed by atoms with E-state index in [0.717, 1.165) is 10.6 Å². The first kappa shape index (κ1) is 32.5. The van der Waals surface area contributed by atoms with E-state index in [-0.39, 0.29) is 59.4 Å². The molecule has 14 heteroatoms. The van der Waals surface area contributed by atoms with Gasteiger partial charge in [0, 0.05) is 49.2 Å². The number of aryl methyl sites for hydroxylation is 1. The number of hydrogen-bond acceptors (Lipinski definition) is 9. The van der Waals surface area contributed by atoms with Gasteiger partial charge < -0.3 is 20.1 Å². The van der Waals surface area contributed by atoms with Crippen LogP contribution in [0, 0.1) is 5.82 Å². The topological polar surface area (TPSA) is 162 Å². The van der Waals surface area contributed by atoms with Gasteiger partial charge in [-0.05, 0) is 30.2 Å². The summed E-state index contributed by atoms with van der Waals surface area (Å²) in [6.07, 6.45) is 2.02. The maximum atomic E-state index is 13.7. The Balaban J connectivity index is 0.00000533. The van der Waals surface area contributed by atoms with Crippen molar-refractivity contribution in [1.29, 1.82) is 0 Å². The second kappa shape index (κ2) is 13.6. The van der Waals surface area contributed by atoms with E-state index in [2.05, 4.69) is 15.1 Å². The van der Waals surface area contributed by atoms with Crippen molar-refractivity contribution >= 4 is 33.8 Å². The number of sulfonamides is 1. The standard InChI is InChI=1S/C25H30FN5O6S.Na/c1-15(2)23-20(10-9-18(32)13-19(33)14-22(34)35)24(16-5-7-17(26)8-6-16)28-25(27-23)31(38(4,36)37)21-11-12-30(3)29-21;/h5-12,15,18-19,32-33H,13-14H2,1-4H3,(H,34,35);/q;+1/p-1/b10-9+;/t18-,19-;/m1./s1. The van der Waals surface area contributed by atoms with Crippen LogP contribution in [0.2, 0.25) is 0 Å². The number of aliphatic hydroxyl groups excluding tert-OH is 2. The zero-order valence-corrected chi connectivity index (χ0v) is 25.1. The summed E-state index contributed by atoms with van der Waals surface area (Å²) in [5, 5.41) is 35.1. The van der Waals surface area contributed by atoms with Gasteiger partial charge in [-0.2, -0.15) is 9.40 Å². The first-order valence-electron chi connectivity index (χ1n) is 11.7. The number of hydrogen-bond donors (Lipinski definition) is 2. The van der Waals surface area contributed by atoms with Crippen molar-refractivity contribution in [2.24, 2.45) is 7.05 Å². The molecular weight excluding hydrogens is 540 g/mol. The average Bonchev–Trinajstić information content (AvgIpc) is 3.21. The fraction of sp³-hybridized carbons (Fsp3) is 0.360. The number of carbonyl (C=O) groups excluding carboxylic acids is 1. The second-order valence-electron chi connectivity index (χ2n) is 9.10. The third-order valence-corrected chi connectivity index (χ3v) is 6.46. The smallest absolute Gasteiger partial charge is 0.550 e. The predicted molar refractivity (Wildman–Crippen MR) is 137 cm³/mol. The number of anilines is 2. The van der Waals surface area contributed by atoms with Gasteiger partial charge in [0.2, 0.25) is 16.0 Å². The maximum Gasteiger partial charge on any atom is 1.00 e. The zero-order chi connectivity index (χ0) is 28.2. The molecule has 0 saturated carbocycles. The van der Waals surface area contributed by atoms with Gasteiger partial charge in [-0.25, -0.2) is 22.8 Å². The minimum absolute atomic E-state index is 0. The molecule has 0 spiro atoms. The summed E-state index contributed by atoms with van der Waals surface area (Å²) in [6.45, 7) is 3.67. The van der Waals surface area contributed by atoms with Crippen molar-refractivity contribution in [1.82, 2.24) is 19.7 Å². The van der Waals surface area contributed by atoms with Crippen LogP contribution in [-0.4, -0.2) is 62.8 Å².